The van der Waals surface area contributed by atoms with Crippen molar-refractivity contribution >= 4 is 63.0 Å². The highest BCUT2D eigenvalue weighted by Gasteiger charge is 2.32. The molecule has 230 valence electrons. The van der Waals surface area contributed by atoms with E-state index in [0.29, 0.717) is 60.9 Å². The molecule has 1 aliphatic heterocycles. The van der Waals surface area contributed by atoms with Crippen molar-refractivity contribution in [3.63, 3.8) is 0 Å². The summed E-state index contributed by atoms with van der Waals surface area (Å²) in [4.78, 5) is 25.3. The number of carbonyl (C=O) groups excluding carboxylic acids is 2. The molecule has 0 saturated heterocycles. The Hall–Kier alpha value is -4.13. The summed E-state index contributed by atoms with van der Waals surface area (Å²) in [6.45, 7) is 3.67. The molecular weight excluding hydrogens is 672 g/mol. The molecule has 10 nitrogen and oxygen atoms in total. The number of carbonyl (C=O) groups is 2. The number of hydrazone groups is 1. The lowest BCUT2D eigenvalue weighted by Gasteiger charge is -2.30. The zero-order chi connectivity index (χ0) is 31.6. The fourth-order valence-electron chi connectivity index (χ4n) is 4.35. The number of rotatable bonds is 12. The van der Waals surface area contributed by atoms with Gasteiger partial charge in [0.1, 0.15) is 12.4 Å². The Morgan fingerprint density at radius 1 is 1.11 bits per heavy atom. The van der Waals surface area contributed by atoms with E-state index in [2.05, 4.69) is 37.1 Å². The molecule has 3 aromatic rings. The molecule has 0 saturated carbocycles. The van der Waals surface area contributed by atoms with E-state index in [-0.39, 0.29) is 13.2 Å². The number of benzene rings is 3. The molecule has 0 aliphatic carbocycles. The van der Waals surface area contributed by atoms with Crippen molar-refractivity contribution in [2.45, 2.75) is 26.5 Å². The third kappa shape index (κ3) is 8.49. The van der Waals surface area contributed by atoms with Crippen LogP contribution in [0.4, 0.5) is 0 Å². The lowest BCUT2D eigenvalue weighted by Crippen LogP contribution is -2.45. The van der Waals surface area contributed by atoms with Gasteiger partial charge in [-0.1, -0.05) is 41.9 Å². The fraction of sp³-hybridized carbons (Fsp3) is 0.226. The second-order valence-electron chi connectivity index (χ2n) is 9.36. The van der Waals surface area contributed by atoms with Gasteiger partial charge >= 0.3 is 5.97 Å². The number of thiocarbonyl (C=S) groups is 1. The summed E-state index contributed by atoms with van der Waals surface area (Å²) < 4.78 is 23.2. The van der Waals surface area contributed by atoms with Crippen LogP contribution in [-0.4, -0.2) is 43.5 Å². The van der Waals surface area contributed by atoms with Gasteiger partial charge in [0.25, 0.3) is 5.91 Å². The topological polar surface area (TPSA) is 120 Å². The van der Waals surface area contributed by atoms with Crippen molar-refractivity contribution < 1.29 is 28.5 Å². The lowest BCUT2D eigenvalue weighted by molar-refractivity contribution is -0.139. The van der Waals surface area contributed by atoms with E-state index in [1.807, 2.05) is 18.2 Å². The predicted molar refractivity (Wildman–Crippen MR) is 175 cm³/mol. The first kappa shape index (κ1) is 32.8. The van der Waals surface area contributed by atoms with E-state index < -0.39 is 17.9 Å². The number of amides is 1. The first-order valence-corrected chi connectivity index (χ1v) is 15.0. The highest BCUT2D eigenvalue weighted by Crippen LogP contribution is 2.37. The molecule has 0 spiro atoms. The van der Waals surface area contributed by atoms with Crippen LogP contribution in [0.5, 0.6) is 17.2 Å². The Morgan fingerprint density at radius 2 is 1.91 bits per heavy atom. The van der Waals surface area contributed by atoms with Crippen molar-refractivity contribution in [2.75, 3.05) is 20.3 Å². The number of methoxy groups -OCH3 is 1. The van der Waals surface area contributed by atoms with E-state index in [1.54, 1.807) is 56.3 Å². The normalized spacial score (nSPS) is 14.5. The Morgan fingerprint density at radius 3 is 2.66 bits per heavy atom. The molecule has 0 fully saturated rings. The maximum absolute atomic E-state index is 12.7. The summed E-state index contributed by atoms with van der Waals surface area (Å²) in [5.74, 6) is 0.413. The molecule has 44 heavy (non-hydrogen) atoms. The maximum Gasteiger partial charge on any atom is 0.338 e. The van der Waals surface area contributed by atoms with Crippen LogP contribution in [0.3, 0.4) is 0 Å². The van der Waals surface area contributed by atoms with Gasteiger partial charge < -0.3 is 29.6 Å². The number of ether oxygens (including phenoxy) is 4. The number of nitrogens with one attached hydrogen (secondary N) is 3. The van der Waals surface area contributed by atoms with E-state index in [9.17, 15) is 9.59 Å². The van der Waals surface area contributed by atoms with Crippen LogP contribution in [-0.2, 0) is 20.9 Å². The highest BCUT2D eigenvalue weighted by molar-refractivity contribution is 9.10. The Balaban J connectivity index is 1.40. The molecule has 3 aromatic carbocycles. The fourth-order valence-corrected chi connectivity index (χ4v) is 5.41. The number of esters is 1. The second-order valence-corrected chi connectivity index (χ2v) is 11.1. The minimum Gasteiger partial charge on any atom is -0.493 e. The third-order valence-electron chi connectivity index (χ3n) is 6.28. The number of allylic oxidation sites excluding steroid dienone is 1. The first-order valence-electron chi connectivity index (χ1n) is 13.4. The maximum atomic E-state index is 12.7. The average Bonchev–Trinajstić information content (AvgIpc) is 2.99. The van der Waals surface area contributed by atoms with Crippen molar-refractivity contribution in [2.24, 2.45) is 5.10 Å². The molecule has 0 unspecified atom stereocenters. The van der Waals surface area contributed by atoms with Gasteiger partial charge in [-0.15, -0.1) is 0 Å². The van der Waals surface area contributed by atoms with Gasteiger partial charge in [0, 0.05) is 16.3 Å². The van der Waals surface area contributed by atoms with Crippen LogP contribution in [0.25, 0.3) is 0 Å². The highest BCUT2D eigenvalue weighted by atomic mass is 79.9. The first-order chi connectivity index (χ1) is 21.2. The van der Waals surface area contributed by atoms with Crippen LogP contribution in [0.15, 0.2) is 81.5 Å². The number of hydrogen-bond acceptors (Lipinski definition) is 8. The monoisotopic (exact) mass is 700 g/mol. The van der Waals surface area contributed by atoms with Gasteiger partial charge in [0.2, 0.25) is 0 Å². The molecule has 1 aliphatic rings. The van der Waals surface area contributed by atoms with Gasteiger partial charge in [-0.25, -0.2) is 10.2 Å². The van der Waals surface area contributed by atoms with Crippen LogP contribution in [0.1, 0.15) is 36.6 Å². The SMILES string of the molecule is CCOC(=O)C1=C(C)NC(=S)N[C@@H]1c1ccccc1OCC(=O)NN=Cc1cc(Br)c(OCc2cccc(Cl)c2)c(OC)c1. The second kappa shape index (κ2) is 15.6. The average molecular weight is 702 g/mol. The zero-order valence-electron chi connectivity index (χ0n) is 24.1. The number of halogens is 2. The van der Waals surface area contributed by atoms with Gasteiger partial charge in [0.15, 0.2) is 23.2 Å². The van der Waals surface area contributed by atoms with Crippen molar-refractivity contribution in [3.05, 3.63) is 98.1 Å². The van der Waals surface area contributed by atoms with E-state index >= 15 is 0 Å². The minimum absolute atomic E-state index is 0.219. The lowest BCUT2D eigenvalue weighted by atomic mass is 9.95. The molecule has 0 radical (unpaired) electrons. The van der Waals surface area contributed by atoms with Crippen LogP contribution < -0.4 is 30.3 Å². The summed E-state index contributed by atoms with van der Waals surface area (Å²) in [5.41, 5.74) is 5.57. The van der Waals surface area contributed by atoms with E-state index in [4.69, 9.17) is 42.8 Å². The van der Waals surface area contributed by atoms with Gasteiger partial charge in [-0.05, 0) is 83.5 Å². The summed E-state index contributed by atoms with van der Waals surface area (Å²) >= 11 is 14.9. The van der Waals surface area contributed by atoms with Gasteiger partial charge in [-0.2, -0.15) is 5.10 Å². The van der Waals surface area contributed by atoms with Crippen molar-refractivity contribution in [1.82, 2.24) is 16.1 Å². The number of hydrogen-bond donors (Lipinski definition) is 3. The van der Waals surface area contributed by atoms with Crippen LogP contribution in [0.2, 0.25) is 5.02 Å². The molecule has 3 N–H and O–H groups in total. The van der Waals surface area contributed by atoms with Crippen molar-refractivity contribution in [1.29, 1.82) is 0 Å². The Bertz CT molecular complexity index is 1620. The largest absolute Gasteiger partial charge is 0.493 e. The molecule has 1 heterocycles. The summed E-state index contributed by atoms with van der Waals surface area (Å²) in [6, 6.07) is 17.3. The quantitative estimate of drug-likeness (QED) is 0.0964. The van der Waals surface area contributed by atoms with Crippen LogP contribution >= 0.6 is 39.7 Å². The summed E-state index contributed by atoms with van der Waals surface area (Å²) in [5, 5.41) is 11.1. The Labute approximate surface area is 273 Å². The molecular formula is C31H30BrClN4O6S. The molecule has 0 aromatic heterocycles. The number of para-hydroxylation sites is 1. The van der Waals surface area contributed by atoms with Gasteiger partial charge in [-0.3, -0.25) is 4.79 Å². The molecule has 4 rings (SSSR count). The van der Waals surface area contributed by atoms with E-state index in [1.165, 1.54) is 13.3 Å². The van der Waals surface area contributed by atoms with E-state index in [0.717, 1.165) is 5.56 Å². The summed E-state index contributed by atoms with van der Waals surface area (Å²) in [6.07, 6.45) is 1.47. The van der Waals surface area contributed by atoms with Crippen LogP contribution in [0, 0.1) is 0 Å². The molecule has 13 heteroatoms. The number of nitrogens with zero attached hydrogens (tertiary/aromatic N) is 1. The molecule has 1 atom stereocenters. The third-order valence-corrected chi connectivity index (χ3v) is 7.32. The molecule has 1 amide bonds. The standard InChI is InChI=1S/C31H30BrClN4O6S/c1-4-41-30(39)27-18(2)35-31(44)36-28(27)22-10-5-6-11-24(22)42-17-26(38)37-34-15-20-13-23(32)29(25(14-20)40-3)43-16-19-8-7-9-21(33)12-19/h5-15,28H,4,16-17H2,1-3H3,(H,37,38)(H2,35,36,44)/t28-/m1/s1. The zero-order valence-corrected chi connectivity index (χ0v) is 27.3. The minimum atomic E-state index is -0.633. The summed E-state index contributed by atoms with van der Waals surface area (Å²) in [7, 11) is 1.53. The van der Waals surface area contributed by atoms with Crippen molar-refractivity contribution in [3.8, 4) is 17.2 Å². The van der Waals surface area contributed by atoms with Gasteiger partial charge in [0.05, 0.1) is 36.0 Å². The Kier molecular flexibility index (Phi) is 11.6. The smallest absolute Gasteiger partial charge is 0.338 e. The molecule has 0 bridgehead atoms. The predicted octanol–water partition coefficient (Wildman–Crippen LogP) is 5.58.